The fourth-order valence-corrected chi connectivity index (χ4v) is 3.99. The molecule has 0 aliphatic carbocycles. The fraction of sp³-hybridized carbons (Fsp3) is 0.261. The number of benzene rings is 1. The van der Waals surface area contributed by atoms with Crippen molar-refractivity contribution in [2.24, 2.45) is 0 Å². The van der Waals surface area contributed by atoms with E-state index in [0.717, 1.165) is 49.3 Å². The van der Waals surface area contributed by atoms with Gasteiger partial charge in [-0.1, -0.05) is 0 Å². The Bertz CT molecular complexity index is 1340. The van der Waals surface area contributed by atoms with E-state index < -0.39 is 5.63 Å². The Morgan fingerprint density at radius 1 is 1.03 bits per heavy atom. The van der Waals surface area contributed by atoms with Crippen LogP contribution in [0.3, 0.4) is 0 Å². The van der Waals surface area contributed by atoms with Crippen LogP contribution in [0.25, 0.3) is 11.0 Å². The second-order valence-corrected chi connectivity index (χ2v) is 7.85. The summed E-state index contributed by atoms with van der Waals surface area (Å²) >= 11 is 0. The van der Waals surface area contributed by atoms with Crippen LogP contribution >= 0.6 is 0 Å². The summed E-state index contributed by atoms with van der Waals surface area (Å²) in [6.07, 6.45) is 4.40. The molecule has 1 aliphatic heterocycles. The number of piperazine rings is 1. The third-order valence-electron chi connectivity index (χ3n) is 5.76. The molecule has 0 spiro atoms. The average Bonchev–Trinajstić information content (AvgIpc) is 3.28. The molecule has 0 atom stereocenters. The number of nitrogens with one attached hydrogen (secondary N) is 1. The molecule has 0 bridgehead atoms. The lowest BCUT2D eigenvalue weighted by atomic mass is 10.2. The summed E-state index contributed by atoms with van der Waals surface area (Å²) in [5.41, 5.74) is 1.45. The standard InChI is InChI=1S/C23H22FN7O3/c24-17-2-4-18(5-3-17)29-9-11-30(12-10-29)21-19-13-28-31(22(19)27-15-26-21)8-7-25-23(33)16-1-6-20(32)34-14-16/h1-6,13-15H,7-12H2,(H,25,33). The minimum absolute atomic E-state index is 0.240. The maximum atomic E-state index is 13.2. The van der Waals surface area contributed by atoms with Crippen molar-refractivity contribution in [3.05, 3.63) is 77.0 Å². The van der Waals surface area contributed by atoms with Gasteiger partial charge in [0.15, 0.2) is 5.65 Å². The number of anilines is 2. The Labute approximate surface area is 193 Å². The summed E-state index contributed by atoms with van der Waals surface area (Å²) in [5.74, 6) is 0.240. The monoisotopic (exact) mass is 463 g/mol. The Morgan fingerprint density at radius 2 is 1.79 bits per heavy atom. The number of aromatic nitrogens is 4. The van der Waals surface area contributed by atoms with E-state index in [1.807, 2.05) is 0 Å². The molecule has 4 aromatic rings. The van der Waals surface area contributed by atoms with Gasteiger partial charge in [-0.05, 0) is 30.3 Å². The lowest BCUT2D eigenvalue weighted by Gasteiger charge is -2.36. The van der Waals surface area contributed by atoms with Gasteiger partial charge in [0.25, 0.3) is 5.91 Å². The molecule has 1 fully saturated rings. The van der Waals surface area contributed by atoms with Crippen molar-refractivity contribution in [1.82, 2.24) is 25.1 Å². The third kappa shape index (κ3) is 4.45. The molecular weight excluding hydrogens is 441 g/mol. The van der Waals surface area contributed by atoms with Crippen LogP contribution in [0.5, 0.6) is 0 Å². The van der Waals surface area contributed by atoms with Gasteiger partial charge in [0.1, 0.15) is 24.2 Å². The zero-order valence-electron chi connectivity index (χ0n) is 18.2. The summed E-state index contributed by atoms with van der Waals surface area (Å²) in [6, 6.07) is 9.16. The van der Waals surface area contributed by atoms with Gasteiger partial charge in [-0.25, -0.2) is 23.8 Å². The SMILES string of the molecule is O=C(NCCn1ncc2c(N3CCN(c4ccc(F)cc4)CC3)ncnc21)c1ccc(=O)oc1. The second kappa shape index (κ2) is 9.30. The molecule has 1 N–H and O–H groups in total. The van der Waals surface area contributed by atoms with Gasteiger partial charge in [0.2, 0.25) is 0 Å². The molecule has 34 heavy (non-hydrogen) atoms. The van der Waals surface area contributed by atoms with Crippen LogP contribution in [-0.2, 0) is 6.54 Å². The van der Waals surface area contributed by atoms with E-state index in [2.05, 4.69) is 30.2 Å². The molecule has 1 aliphatic rings. The smallest absolute Gasteiger partial charge is 0.335 e. The van der Waals surface area contributed by atoms with E-state index in [0.29, 0.717) is 18.7 Å². The molecule has 3 aromatic heterocycles. The predicted octanol–water partition coefficient (Wildman–Crippen LogP) is 1.68. The number of amides is 1. The van der Waals surface area contributed by atoms with E-state index in [9.17, 15) is 14.0 Å². The highest BCUT2D eigenvalue weighted by molar-refractivity contribution is 5.93. The number of hydrogen-bond acceptors (Lipinski definition) is 8. The lowest BCUT2D eigenvalue weighted by molar-refractivity contribution is 0.0949. The summed E-state index contributed by atoms with van der Waals surface area (Å²) in [7, 11) is 0. The molecule has 11 heteroatoms. The molecular formula is C23H22FN7O3. The molecule has 1 saturated heterocycles. The molecule has 4 heterocycles. The van der Waals surface area contributed by atoms with Crippen LogP contribution in [-0.4, -0.2) is 58.4 Å². The molecule has 1 amide bonds. The zero-order valence-corrected chi connectivity index (χ0v) is 18.2. The Balaban J connectivity index is 1.23. The number of nitrogens with zero attached hydrogens (tertiary/aromatic N) is 6. The maximum Gasteiger partial charge on any atom is 0.335 e. The third-order valence-corrected chi connectivity index (χ3v) is 5.76. The van der Waals surface area contributed by atoms with E-state index >= 15 is 0 Å². The number of rotatable bonds is 6. The largest absolute Gasteiger partial charge is 0.430 e. The lowest BCUT2D eigenvalue weighted by Crippen LogP contribution is -2.46. The summed E-state index contributed by atoms with van der Waals surface area (Å²) < 4.78 is 19.7. The molecule has 0 saturated carbocycles. The Hall–Kier alpha value is -4.28. The van der Waals surface area contributed by atoms with Gasteiger partial charge in [0.05, 0.1) is 23.7 Å². The summed E-state index contributed by atoms with van der Waals surface area (Å²) in [4.78, 5) is 36.5. The van der Waals surface area contributed by atoms with Crippen molar-refractivity contribution in [2.45, 2.75) is 6.54 Å². The molecule has 174 valence electrons. The van der Waals surface area contributed by atoms with Crippen LogP contribution in [0.15, 0.2) is 64.4 Å². The fourth-order valence-electron chi connectivity index (χ4n) is 3.99. The first-order valence-corrected chi connectivity index (χ1v) is 10.9. The first-order valence-electron chi connectivity index (χ1n) is 10.9. The van der Waals surface area contributed by atoms with Crippen LogP contribution in [0, 0.1) is 5.82 Å². The van der Waals surface area contributed by atoms with Gasteiger partial charge < -0.3 is 19.5 Å². The topological polar surface area (TPSA) is 109 Å². The average molecular weight is 463 g/mol. The highest BCUT2D eigenvalue weighted by Gasteiger charge is 2.21. The highest BCUT2D eigenvalue weighted by atomic mass is 19.1. The van der Waals surface area contributed by atoms with Crippen molar-refractivity contribution in [2.75, 3.05) is 42.5 Å². The van der Waals surface area contributed by atoms with Crippen LogP contribution < -0.4 is 20.7 Å². The van der Waals surface area contributed by atoms with Crippen LogP contribution in [0.1, 0.15) is 10.4 Å². The van der Waals surface area contributed by atoms with Gasteiger partial charge in [0, 0.05) is 44.5 Å². The minimum Gasteiger partial charge on any atom is -0.430 e. The van der Waals surface area contributed by atoms with Crippen molar-refractivity contribution >= 4 is 28.4 Å². The Morgan fingerprint density at radius 3 is 2.53 bits per heavy atom. The van der Waals surface area contributed by atoms with E-state index in [1.165, 1.54) is 30.6 Å². The number of halogens is 1. The molecule has 5 rings (SSSR count). The Kier molecular flexibility index (Phi) is 5.90. The normalized spacial score (nSPS) is 13.9. The summed E-state index contributed by atoms with van der Waals surface area (Å²) in [5, 5.41) is 8.05. The molecule has 1 aromatic carbocycles. The highest BCUT2D eigenvalue weighted by Crippen LogP contribution is 2.25. The van der Waals surface area contributed by atoms with Crippen molar-refractivity contribution in [1.29, 1.82) is 0 Å². The maximum absolute atomic E-state index is 13.2. The first-order chi connectivity index (χ1) is 16.6. The number of hydrogen-bond donors (Lipinski definition) is 1. The van der Waals surface area contributed by atoms with Gasteiger partial charge in [-0.2, -0.15) is 5.10 Å². The zero-order chi connectivity index (χ0) is 23.5. The minimum atomic E-state index is -0.507. The van der Waals surface area contributed by atoms with Crippen molar-refractivity contribution in [3.63, 3.8) is 0 Å². The van der Waals surface area contributed by atoms with Crippen LogP contribution in [0.4, 0.5) is 15.9 Å². The quantitative estimate of drug-likeness (QED) is 0.460. The molecule has 0 radical (unpaired) electrons. The number of fused-ring (bicyclic) bond motifs is 1. The van der Waals surface area contributed by atoms with Gasteiger partial charge >= 0.3 is 5.63 Å². The van der Waals surface area contributed by atoms with E-state index in [-0.39, 0.29) is 17.3 Å². The number of carbonyl (C=O) groups excluding carboxylic acids is 1. The van der Waals surface area contributed by atoms with Crippen LogP contribution in [0.2, 0.25) is 0 Å². The van der Waals surface area contributed by atoms with E-state index in [4.69, 9.17) is 4.42 Å². The van der Waals surface area contributed by atoms with Gasteiger partial charge in [-0.15, -0.1) is 0 Å². The van der Waals surface area contributed by atoms with E-state index in [1.54, 1.807) is 23.0 Å². The number of carbonyl (C=O) groups is 1. The molecule has 10 nitrogen and oxygen atoms in total. The van der Waals surface area contributed by atoms with Crippen molar-refractivity contribution in [3.8, 4) is 0 Å². The summed E-state index contributed by atoms with van der Waals surface area (Å²) in [6.45, 7) is 3.84. The first kappa shape index (κ1) is 21.6. The van der Waals surface area contributed by atoms with Crippen molar-refractivity contribution < 1.29 is 13.6 Å². The second-order valence-electron chi connectivity index (χ2n) is 7.85. The molecule has 0 unspecified atom stereocenters. The predicted molar refractivity (Wildman–Crippen MR) is 123 cm³/mol. The van der Waals surface area contributed by atoms with Gasteiger partial charge in [-0.3, -0.25) is 4.79 Å².